The molecule has 0 radical (unpaired) electrons. The fourth-order valence-electron chi connectivity index (χ4n) is 3.06. The van der Waals surface area contributed by atoms with Gasteiger partial charge >= 0.3 is 5.97 Å². The lowest BCUT2D eigenvalue weighted by atomic mass is 9.97. The second-order valence-corrected chi connectivity index (χ2v) is 6.00. The molecule has 0 aliphatic carbocycles. The van der Waals surface area contributed by atoms with Gasteiger partial charge in [0, 0.05) is 19.5 Å². The number of ether oxygens (including phenoxy) is 2. The predicted octanol–water partition coefficient (Wildman–Crippen LogP) is 1.71. The van der Waals surface area contributed by atoms with Crippen molar-refractivity contribution in [3.8, 4) is 11.5 Å². The van der Waals surface area contributed by atoms with Gasteiger partial charge in [0.15, 0.2) is 11.5 Å². The first-order valence-electron chi connectivity index (χ1n) is 8.02. The van der Waals surface area contributed by atoms with Gasteiger partial charge in [0.05, 0.1) is 5.92 Å². The molecule has 1 aromatic rings. The van der Waals surface area contributed by atoms with E-state index in [-0.39, 0.29) is 5.91 Å². The minimum atomic E-state index is -0.811. The van der Waals surface area contributed by atoms with E-state index in [9.17, 15) is 9.59 Å². The van der Waals surface area contributed by atoms with Gasteiger partial charge in [-0.1, -0.05) is 6.07 Å². The lowest BCUT2D eigenvalue weighted by molar-refractivity contribution is -0.145. The molecular weight excluding hydrogens is 298 g/mol. The zero-order chi connectivity index (χ0) is 16.2. The number of aliphatic carboxylic acids is 1. The summed E-state index contributed by atoms with van der Waals surface area (Å²) in [4.78, 5) is 25.1. The van der Waals surface area contributed by atoms with Gasteiger partial charge in [-0.3, -0.25) is 9.59 Å². The highest BCUT2D eigenvalue weighted by atomic mass is 16.6. The number of carboxylic acid groups (broad SMARTS) is 1. The Morgan fingerprint density at radius 3 is 2.78 bits per heavy atom. The van der Waals surface area contributed by atoms with Gasteiger partial charge in [-0.25, -0.2) is 0 Å². The zero-order valence-electron chi connectivity index (χ0n) is 13.0. The Hall–Kier alpha value is -2.24. The van der Waals surface area contributed by atoms with E-state index in [0.29, 0.717) is 45.6 Å². The largest absolute Gasteiger partial charge is 0.486 e. The highest BCUT2D eigenvalue weighted by molar-refractivity contribution is 5.78. The van der Waals surface area contributed by atoms with Crippen LogP contribution in [-0.4, -0.2) is 48.2 Å². The number of piperidine rings is 1. The van der Waals surface area contributed by atoms with Crippen molar-refractivity contribution < 1.29 is 24.2 Å². The van der Waals surface area contributed by atoms with Crippen molar-refractivity contribution in [3.63, 3.8) is 0 Å². The van der Waals surface area contributed by atoms with Crippen LogP contribution in [0.1, 0.15) is 24.8 Å². The fourth-order valence-corrected chi connectivity index (χ4v) is 3.06. The summed E-state index contributed by atoms with van der Waals surface area (Å²) >= 11 is 0. The first-order valence-corrected chi connectivity index (χ1v) is 8.02. The number of rotatable bonds is 4. The Morgan fingerprint density at radius 1 is 1.22 bits per heavy atom. The maximum absolute atomic E-state index is 12.3. The number of likely N-dealkylation sites (tertiary alicyclic amines) is 1. The Balaban J connectivity index is 1.55. The Labute approximate surface area is 135 Å². The molecule has 0 unspecified atom stereocenters. The number of hydrogen-bond donors (Lipinski definition) is 1. The summed E-state index contributed by atoms with van der Waals surface area (Å²) in [6, 6.07) is 5.73. The summed E-state index contributed by atoms with van der Waals surface area (Å²) in [7, 11) is 0. The lowest BCUT2D eigenvalue weighted by Crippen LogP contribution is -2.42. The summed E-state index contributed by atoms with van der Waals surface area (Å²) < 4.78 is 11.0. The van der Waals surface area contributed by atoms with Crippen LogP contribution >= 0.6 is 0 Å². The van der Waals surface area contributed by atoms with Crippen LogP contribution in [0.3, 0.4) is 0 Å². The highest BCUT2D eigenvalue weighted by Crippen LogP contribution is 2.31. The Kier molecular flexibility index (Phi) is 4.69. The molecule has 2 heterocycles. The van der Waals surface area contributed by atoms with E-state index in [1.807, 2.05) is 18.2 Å². The standard InChI is InChI=1S/C17H21NO5/c19-16(18-7-1-2-13(11-18)17(20)21)6-4-12-3-5-14-15(10-12)23-9-8-22-14/h3,5,10,13H,1-2,4,6-9,11H2,(H,20,21)/t13-/m0/s1. The number of nitrogens with zero attached hydrogens (tertiary/aromatic N) is 1. The molecule has 1 atom stereocenters. The molecule has 0 spiro atoms. The minimum absolute atomic E-state index is 0.0193. The van der Waals surface area contributed by atoms with Crippen LogP contribution in [0.15, 0.2) is 18.2 Å². The average molecular weight is 319 g/mol. The molecule has 1 N–H and O–H groups in total. The van der Waals surface area contributed by atoms with Crippen LogP contribution in [0.5, 0.6) is 11.5 Å². The number of aryl methyl sites for hydroxylation is 1. The molecule has 1 aromatic carbocycles. The topological polar surface area (TPSA) is 76.1 Å². The third-order valence-corrected chi connectivity index (χ3v) is 4.36. The van der Waals surface area contributed by atoms with Crippen LogP contribution in [0.25, 0.3) is 0 Å². The van der Waals surface area contributed by atoms with E-state index in [1.165, 1.54) is 0 Å². The van der Waals surface area contributed by atoms with Crippen LogP contribution in [0.2, 0.25) is 0 Å². The van der Waals surface area contributed by atoms with E-state index in [4.69, 9.17) is 14.6 Å². The second kappa shape index (κ2) is 6.89. The number of fused-ring (bicyclic) bond motifs is 1. The maximum Gasteiger partial charge on any atom is 0.308 e. The first-order chi connectivity index (χ1) is 11.1. The van der Waals surface area contributed by atoms with Crippen LogP contribution in [0, 0.1) is 5.92 Å². The van der Waals surface area contributed by atoms with Crippen LogP contribution in [-0.2, 0) is 16.0 Å². The van der Waals surface area contributed by atoms with Gasteiger partial charge in [0.2, 0.25) is 5.91 Å². The number of hydrogen-bond acceptors (Lipinski definition) is 4. The molecule has 2 aliphatic rings. The SMILES string of the molecule is O=C(O)[C@H]1CCCN(C(=O)CCc2ccc3c(c2)OCCO3)C1. The van der Waals surface area contributed by atoms with Crippen molar-refractivity contribution >= 4 is 11.9 Å². The monoisotopic (exact) mass is 319 g/mol. The number of amides is 1. The number of carbonyl (C=O) groups is 2. The second-order valence-electron chi connectivity index (χ2n) is 6.00. The molecule has 124 valence electrons. The Morgan fingerprint density at radius 2 is 2.00 bits per heavy atom. The molecule has 3 rings (SSSR count). The normalized spacial score (nSPS) is 20.2. The van der Waals surface area contributed by atoms with Crippen molar-refractivity contribution in [2.75, 3.05) is 26.3 Å². The summed E-state index contributed by atoms with van der Waals surface area (Å²) in [6.07, 6.45) is 2.41. The molecule has 0 saturated carbocycles. The van der Waals surface area contributed by atoms with Gasteiger partial charge in [0.1, 0.15) is 13.2 Å². The fraction of sp³-hybridized carbons (Fsp3) is 0.529. The summed E-state index contributed by atoms with van der Waals surface area (Å²) in [5, 5.41) is 9.09. The summed E-state index contributed by atoms with van der Waals surface area (Å²) in [5.74, 6) is 0.249. The maximum atomic E-state index is 12.3. The molecule has 23 heavy (non-hydrogen) atoms. The molecule has 0 aromatic heterocycles. The quantitative estimate of drug-likeness (QED) is 0.914. The van der Waals surface area contributed by atoms with Crippen LogP contribution in [0.4, 0.5) is 0 Å². The van der Waals surface area contributed by atoms with Crippen molar-refractivity contribution in [2.24, 2.45) is 5.92 Å². The molecular formula is C17H21NO5. The average Bonchev–Trinajstić information content (AvgIpc) is 2.59. The Bertz CT molecular complexity index is 601. The highest BCUT2D eigenvalue weighted by Gasteiger charge is 2.27. The van der Waals surface area contributed by atoms with Gasteiger partial charge < -0.3 is 19.5 Å². The third-order valence-electron chi connectivity index (χ3n) is 4.36. The smallest absolute Gasteiger partial charge is 0.308 e. The molecule has 1 amide bonds. The molecule has 2 aliphatic heterocycles. The number of carbonyl (C=O) groups excluding carboxylic acids is 1. The molecule has 1 fully saturated rings. The van der Waals surface area contributed by atoms with Crippen molar-refractivity contribution in [1.82, 2.24) is 4.90 Å². The molecule has 6 heteroatoms. The van der Waals surface area contributed by atoms with E-state index in [1.54, 1.807) is 4.90 Å². The van der Waals surface area contributed by atoms with Crippen molar-refractivity contribution in [3.05, 3.63) is 23.8 Å². The predicted molar refractivity (Wildman–Crippen MR) is 82.7 cm³/mol. The van der Waals surface area contributed by atoms with Gasteiger partial charge in [-0.2, -0.15) is 0 Å². The van der Waals surface area contributed by atoms with Crippen molar-refractivity contribution in [1.29, 1.82) is 0 Å². The number of benzene rings is 1. The third kappa shape index (κ3) is 3.75. The van der Waals surface area contributed by atoms with E-state index < -0.39 is 11.9 Å². The van der Waals surface area contributed by atoms with Crippen molar-refractivity contribution in [2.45, 2.75) is 25.7 Å². The first kappa shape index (κ1) is 15.6. The zero-order valence-corrected chi connectivity index (χ0v) is 13.0. The van der Waals surface area contributed by atoms with E-state index in [0.717, 1.165) is 23.5 Å². The molecule has 1 saturated heterocycles. The number of carboxylic acids is 1. The lowest BCUT2D eigenvalue weighted by Gasteiger charge is -2.30. The molecule has 6 nitrogen and oxygen atoms in total. The summed E-state index contributed by atoms with van der Waals surface area (Å²) in [6.45, 7) is 2.09. The summed E-state index contributed by atoms with van der Waals surface area (Å²) in [5.41, 5.74) is 1.02. The van der Waals surface area contributed by atoms with Gasteiger partial charge in [-0.15, -0.1) is 0 Å². The van der Waals surface area contributed by atoms with Crippen LogP contribution < -0.4 is 9.47 Å². The van der Waals surface area contributed by atoms with Gasteiger partial charge in [0.25, 0.3) is 0 Å². The van der Waals surface area contributed by atoms with Gasteiger partial charge in [-0.05, 0) is 37.0 Å². The van der Waals surface area contributed by atoms with E-state index >= 15 is 0 Å². The van der Waals surface area contributed by atoms with E-state index in [2.05, 4.69) is 0 Å². The minimum Gasteiger partial charge on any atom is -0.486 e. The molecule has 0 bridgehead atoms.